The summed E-state index contributed by atoms with van der Waals surface area (Å²) in [5.41, 5.74) is 1.09. The van der Waals surface area contributed by atoms with Crippen molar-refractivity contribution in [3.8, 4) is 0 Å². The predicted octanol–water partition coefficient (Wildman–Crippen LogP) is 1.06. The molecule has 1 unspecified atom stereocenters. The van der Waals surface area contributed by atoms with E-state index in [1.54, 1.807) is 0 Å². The molecule has 0 aliphatic rings. The highest BCUT2D eigenvalue weighted by Gasteiger charge is 1.92. The largest absolute Gasteiger partial charge is 0.278 e. The molecular formula is C7H7N2P. The quantitative estimate of drug-likeness (QED) is 0.559. The lowest BCUT2D eigenvalue weighted by Crippen LogP contribution is -1.85. The van der Waals surface area contributed by atoms with E-state index in [4.69, 9.17) is 0 Å². The fraction of sp³-hybridized carbons (Fsp3) is 0. The molecule has 0 aliphatic heterocycles. The van der Waals surface area contributed by atoms with Gasteiger partial charge in [0.1, 0.15) is 0 Å². The van der Waals surface area contributed by atoms with Gasteiger partial charge in [0.2, 0.25) is 0 Å². The molecule has 2 nitrogen and oxygen atoms in total. The third kappa shape index (κ3) is 0.812. The Morgan fingerprint density at radius 1 is 1.40 bits per heavy atom. The van der Waals surface area contributed by atoms with Crippen LogP contribution in [0.1, 0.15) is 0 Å². The molecule has 0 amide bonds. The molecule has 1 aromatic carbocycles. The summed E-state index contributed by atoms with van der Waals surface area (Å²) >= 11 is 0. The van der Waals surface area contributed by atoms with Gasteiger partial charge in [0.15, 0.2) is 0 Å². The number of rotatable bonds is 0. The predicted molar refractivity (Wildman–Crippen MR) is 45.4 cm³/mol. The molecule has 0 saturated carbocycles. The number of nitrogens with zero attached hydrogens (tertiary/aromatic N) is 1. The Hall–Kier alpha value is -0.880. The van der Waals surface area contributed by atoms with Gasteiger partial charge in [-0.05, 0) is 17.4 Å². The van der Waals surface area contributed by atoms with Crippen molar-refractivity contribution in [3.05, 3.63) is 24.4 Å². The Kier molecular flexibility index (Phi) is 1.21. The molecule has 1 atom stereocenters. The van der Waals surface area contributed by atoms with E-state index in [0.29, 0.717) is 0 Å². The Balaban J connectivity index is 2.86. The number of nitrogens with one attached hydrogen (secondary N) is 1. The summed E-state index contributed by atoms with van der Waals surface area (Å²) in [5.74, 6) is 0. The number of aromatic amines is 1. The Morgan fingerprint density at radius 2 is 2.30 bits per heavy atom. The maximum absolute atomic E-state index is 3.91. The van der Waals surface area contributed by atoms with Crippen molar-refractivity contribution in [2.75, 3.05) is 0 Å². The van der Waals surface area contributed by atoms with Crippen LogP contribution in [0.4, 0.5) is 0 Å². The van der Waals surface area contributed by atoms with Crippen LogP contribution < -0.4 is 5.30 Å². The summed E-state index contributed by atoms with van der Waals surface area (Å²) in [5, 5.41) is 9.14. The third-order valence-electron chi connectivity index (χ3n) is 1.46. The zero-order valence-electron chi connectivity index (χ0n) is 5.33. The first-order chi connectivity index (χ1) is 4.86. The Bertz CT molecular complexity index is 353. The highest BCUT2D eigenvalue weighted by atomic mass is 31.0. The van der Waals surface area contributed by atoms with E-state index in [-0.39, 0.29) is 0 Å². The SMILES string of the molecule is Pc1ccc2[nH]ncc2c1. The van der Waals surface area contributed by atoms with Crippen molar-refractivity contribution in [1.82, 2.24) is 10.2 Å². The minimum Gasteiger partial charge on any atom is -0.278 e. The second-order valence-corrected chi connectivity index (χ2v) is 2.88. The van der Waals surface area contributed by atoms with Gasteiger partial charge in [-0.3, -0.25) is 5.10 Å². The van der Waals surface area contributed by atoms with E-state index in [9.17, 15) is 0 Å². The van der Waals surface area contributed by atoms with Gasteiger partial charge >= 0.3 is 0 Å². The second-order valence-electron chi connectivity index (χ2n) is 2.22. The standard InChI is InChI=1S/C7H7N2P/c10-6-1-2-7-5(3-6)4-8-9-7/h1-4H,10H2,(H,8,9). The highest BCUT2D eigenvalue weighted by molar-refractivity contribution is 7.27. The van der Waals surface area contributed by atoms with Crippen molar-refractivity contribution >= 4 is 25.4 Å². The van der Waals surface area contributed by atoms with E-state index in [1.165, 1.54) is 5.30 Å². The maximum Gasteiger partial charge on any atom is 0.0650 e. The van der Waals surface area contributed by atoms with E-state index in [0.717, 1.165) is 10.9 Å². The first-order valence-corrected chi connectivity index (χ1v) is 3.62. The summed E-state index contributed by atoms with van der Waals surface area (Å²) in [7, 11) is 2.65. The Morgan fingerprint density at radius 3 is 3.20 bits per heavy atom. The molecule has 1 heterocycles. The van der Waals surface area contributed by atoms with Crippen LogP contribution in [0.3, 0.4) is 0 Å². The molecule has 1 aromatic heterocycles. The van der Waals surface area contributed by atoms with Crippen molar-refractivity contribution in [2.45, 2.75) is 0 Å². The number of aromatic nitrogens is 2. The number of fused-ring (bicyclic) bond motifs is 1. The summed E-state index contributed by atoms with van der Waals surface area (Å²) in [6, 6.07) is 6.12. The van der Waals surface area contributed by atoms with Crippen molar-refractivity contribution < 1.29 is 0 Å². The molecule has 50 valence electrons. The molecule has 10 heavy (non-hydrogen) atoms. The van der Waals surface area contributed by atoms with Gasteiger partial charge in [-0.1, -0.05) is 6.07 Å². The van der Waals surface area contributed by atoms with E-state index >= 15 is 0 Å². The summed E-state index contributed by atoms with van der Waals surface area (Å²) in [4.78, 5) is 0. The number of benzene rings is 1. The number of hydrogen-bond acceptors (Lipinski definition) is 1. The van der Waals surface area contributed by atoms with E-state index in [1.807, 2.05) is 18.3 Å². The van der Waals surface area contributed by atoms with Crippen molar-refractivity contribution in [2.24, 2.45) is 0 Å². The molecular weight excluding hydrogens is 143 g/mol. The first-order valence-electron chi connectivity index (χ1n) is 3.05. The molecule has 0 saturated heterocycles. The minimum absolute atomic E-state index is 1.09. The zero-order valence-corrected chi connectivity index (χ0v) is 6.49. The lowest BCUT2D eigenvalue weighted by molar-refractivity contribution is 1.12. The van der Waals surface area contributed by atoms with Crippen LogP contribution in [0.25, 0.3) is 10.9 Å². The fourth-order valence-corrected chi connectivity index (χ4v) is 1.24. The third-order valence-corrected chi connectivity index (χ3v) is 1.82. The van der Waals surface area contributed by atoms with Crippen LogP contribution in [-0.2, 0) is 0 Å². The van der Waals surface area contributed by atoms with Gasteiger partial charge in [-0.2, -0.15) is 5.10 Å². The lowest BCUT2D eigenvalue weighted by atomic mass is 10.3. The second kappa shape index (κ2) is 2.06. The van der Waals surface area contributed by atoms with Crippen LogP contribution >= 0.6 is 9.24 Å². The molecule has 0 fully saturated rings. The summed E-state index contributed by atoms with van der Waals surface area (Å²) in [6.07, 6.45) is 1.82. The van der Waals surface area contributed by atoms with E-state index in [2.05, 4.69) is 25.5 Å². The van der Waals surface area contributed by atoms with Gasteiger partial charge in [0, 0.05) is 5.39 Å². The average molecular weight is 150 g/mol. The average Bonchev–Trinajstić information content (AvgIpc) is 2.33. The maximum atomic E-state index is 3.91. The molecule has 1 N–H and O–H groups in total. The van der Waals surface area contributed by atoms with Crippen LogP contribution in [0.15, 0.2) is 24.4 Å². The Labute approximate surface area is 60.8 Å². The van der Waals surface area contributed by atoms with Gasteiger partial charge in [-0.15, -0.1) is 9.24 Å². The minimum atomic E-state index is 1.09. The van der Waals surface area contributed by atoms with Gasteiger partial charge in [0.25, 0.3) is 0 Å². The van der Waals surface area contributed by atoms with Crippen LogP contribution in [-0.4, -0.2) is 10.2 Å². The zero-order chi connectivity index (χ0) is 6.97. The van der Waals surface area contributed by atoms with Crippen LogP contribution in [0.5, 0.6) is 0 Å². The molecule has 0 aliphatic carbocycles. The number of hydrogen-bond donors (Lipinski definition) is 1. The van der Waals surface area contributed by atoms with Crippen LogP contribution in [0, 0.1) is 0 Å². The molecule has 0 spiro atoms. The monoisotopic (exact) mass is 150 g/mol. The van der Waals surface area contributed by atoms with Crippen LogP contribution in [0.2, 0.25) is 0 Å². The summed E-state index contributed by atoms with van der Waals surface area (Å²) in [6.45, 7) is 0. The molecule has 0 radical (unpaired) electrons. The normalized spacial score (nSPS) is 10.5. The van der Waals surface area contributed by atoms with E-state index < -0.39 is 0 Å². The van der Waals surface area contributed by atoms with Crippen molar-refractivity contribution in [1.29, 1.82) is 0 Å². The lowest BCUT2D eigenvalue weighted by Gasteiger charge is -1.89. The molecule has 0 bridgehead atoms. The molecule has 3 heteroatoms. The summed E-state index contributed by atoms with van der Waals surface area (Å²) < 4.78 is 0. The molecule has 2 rings (SSSR count). The number of H-pyrrole nitrogens is 1. The first kappa shape index (κ1) is 5.87. The van der Waals surface area contributed by atoms with Crippen molar-refractivity contribution in [3.63, 3.8) is 0 Å². The van der Waals surface area contributed by atoms with Gasteiger partial charge in [-0.25, -0.2) is 0 Å². The fourth-order valence-electron chi connectivity index (χ4n) is 0.961. The highest BCUT2D eigenvalue weighted by Crippen LogP contribution is 2.07. The topological polar surface area (TPSA) is 28.7 Å². The van der Waals surface area contributed by atoms with Gasteiger partial charge < -0.3 is 0 Å². The smallest absolute Gasteiger partial charge is 0.0650 e. The molecule has 2 aromatic rings. The van der Waals surface area contributed by atoms with Gasteiger partial charge in [0.05, 0.1) is 11.7 Å².